The van der Waals surface area contributed by atoms with Crippen molar-refractivity contribution in [3.05, 3.63) is 48.3 Å². The largest absolute Gasteiger partial charge is 0.483 e. The van der Waals surface area contributed by atoms with Gasteiger partial charge >= 0.3 is 0 Å². The van der Waals surface area contributed by atoms with Crippen LogP contribution < -0.4 is 10.1 Å². The number of fused-ring (bicyclic) bond motifs is 1. The molecule has 8 nitrogen and oxygen atoms in total. The smallest absolute Gasteiger partial charge is 0.150 e. The molecule has 3 heterocycles. The normalized spacial score (nSPS) is 26.6. The molecule has 0 bridgehead atoms. The van der Waals surface area contributed by atoms with Gasteiger partial charge in [-0.05, 0) is 30.5 Å². The number of aromatic nitrogens is 2. The summed E-state index contributed by atoms with van der Waals surface area (Å²) in [7, 11) is -2.41. The van der Waals surface area contributed by atoms with Gasteiger partial charge in [-0.1, -0.05) is 6.92 Å². The summed E-state index contributed by atoms with van der Waals surface area (Å²) in [5, 5.41) is 13.1. The van der Waals surface area contributed by atoms with Gasteiger partial charge in [0.05, 0.1) is 45.2 Å². The van der Waals surface area contributed by atoms with Crippen molar-refractivity contribution in [1.29, 1.82) is 0 Å². The maximum absolute atomic E-state index is 15.2. The molecular formula is C23H24F2N4O4S. The summed E-state index contributed by atoms with van der Waals surface area (Å²) >= 11 is 0. The number of benzene rings is 2. The number of rotatable bonds is 5. The average Bonchev–Trinajstić information content (AvgIpc) is 3.34. The van der Waals surface area contributed by atoms with Crippen LogP contribution in [-0.2, 0) is 14.5 Å². The number of aliphatic hydroxyl groups is 1. The van der Waals surface area contributed by atoms with Crippen LogP contribution >= 0.6 is 0 Å². The van der Waals surface area contributed by atoms with Crippen LogP contribution in [0.3, 0.4) is 0 Å². The highest BCUT2D eigenvalue weighted by Crippen LogP contribution is 2.35. The number of nitrogens with zero attached hydrogens (tertiary/aromatic N) is 3. The second kappa shape index (κ2) is 9.05. The Kier molecular flexibility index (Phi) is 6.09. The standard InChI is InChI=1S/C23H24F2N4O4S/c1-13-4-5-34(31,11-13)29-15-7-16(25)22-18(8-15)26-12-27-23(22)28-17-3-2-14(24)6-20(17)33-21-10-32-9-19(21)30/h2-3,6-8,12-13,19,21,30H,4-5,9-11H2,1H3,(H,26,27,28)/t13?,19-,21-,34?/m0/s1. The molecule has 0 amide bonds. The zero-order valence-electron chi connectivity index (χ0n) is 18.4. The van der Waals surface area contributed by atoms with Gasteiger partial charge in [0, 0.05) is 23.6 Å². The second-order valence-electron chi connectivity index (χ2n) is 8.70. The molecule has 4 atom stereocenters. The fourth-order valence-corrected chi connectivity index (χ4v) is 6.82. The molecule has 0 aliphatic carbocycles. The van der Waals surface area contributed by atoms with Gasteiger partial charge < -0.3 is 19.9 Å². The summed E-state index contributed by atoms with van der Waals surface area (Å²) in [4.78, 5) is 8.32. The first kappa shape index (κ1) is 22.9. The predicted octanol–water partition coefficient (Wildman–Crippen LogP) is 3.93. The van der Waals surface area contributed by atoms with Crippen LogP contribution in [0.4, 0.5) is 26.0 Å². The molecule has 2 saturated heterocycles. The monoisotopic (exact) mass is 490 g/mol. The van der Waals surface area contributed by atoms with E-state index in [1.165, 1.54) is 30.6 Å². The molecule has 2 aromatic carbocycles. The maximum atomic E-state index is 15.2. The molecule has 2 fully saturated rings. The molecule has 0 saturated carbocycles. The van der Waals surface area contributed by atoms with Crippen LogP contribution in [0.2, 0.25) is 0 Å². The summed E-state index contributed by atoms with van der Waals surface area (Å²) in [6, 6.07) is 6.64. The van der Waals surface area contributed by atoms with Crippen LogP contribution in [0.15, 0.2) is 41.0 Å². The van der Waals surface area contributed by atoms with Crippen molar-refractivity contribution < 1.29 is 27.6 Å². The lowest BCUT2D eigenvalue weighted by Gasteiger charge is -2.19. The molecule has 2 aliphatic heterocycles. The lowest BCUT2D eigenvalue weighted by atomic mass is 10.2. The quantitative estimate of drug-likeness (QED) is 0.558. The molecule has 34 heavy (non-hydrogen) atoms. The Morgan fingerprint density at radius 1 is 1.24 bits per heavy atom. The summed E-state index contributed by atoms with van der Waals surface area (Å²) in [5.41, 5.74) is 0.890. The van der Waals surface area contributed by atoms with Gasteiger partial charge in [-0.3, -0.25) is 0 Å². The topological polar surface area (TPSA) is 106 Å². The van der Waals surface area contributed by atoms with Gasteiger partial charge in [0.25, 0.3) is 0 Å². The Balaban J connectivity index is 1.50. The Morgan fingerprint density at radius 3 is 2.82 bits per heavy atom. The second-order valence-corrected chi connectivity index (χ2v) is 11.2. The predicted molar refractivity (Wildman–Crippen MR) is 124 cm³/mol. The van der Waals surface area contributed by atoms with E-state index >= 15 is 4.39 Å². The molecule has 0 spiro atoms. The van der Waals surface area contributed by atoms with E-state index in [-0.39, 0.29) is 41.4 Å². The fourth-order valence-electron chi connectivity index (χ4n) is 4.17. The van der Waals surface area contributed by atoms with Gasteiger partial charge in [0.1, 0.15) is 35.6 Å². The number of anilines is 2. The van der Waals surface area contributed by atoms with Crippen LogP contribution in [0, 0.1) is 17.6 Å². The summed E-state index contributed by atoms with van der Waals surface area (Å²) in [6.45, 7) is 2.32. The number of halogens is 2. The Hall–Kier alpha value is -2.89. The first-order chi connectivity index (χ1) is 16.3. The van der Waals surface area contributed by atoms with Gasteiger partial charge in [0.15, 0.2) is 6.10 Å². The molecule has 2 unspecified atom stereocenters. The third-order valence-electron chi connectivity index (χ3n) is 5.90. The molecule has 3 aromatic rings. The molecule has 11 heteroatoms. The molecule has 2 N–H and O–H groups in total. The summed E-state index contributed by atoms with van der Waals surface area (Å²) in [6.07, 6.45) is 0.598. The number of hydrogen-bond acceptors (Lipinski definition) is 8. The molecule has 1 aromatic heterocycles. The highest BCUT2D eigenvalue weighted by molar-refractivity contribution is 7.94. The van der Waals surface area contributed by atoms with E-state index in [0.717, 1.165) is 6.42 Å². The maximum Gasteiger partial charge on any atom is 0.150 e. The zero-order chi connectivity index (χ0) is 23.9. The van der Waals surface area contributed by atoms with E-state index in [4.69, 9.17) is 9.47 Å². The third-order valence-corrected chi connectivity index (χ3v) is 8.40. The van der Waals surface area contributed by atoms with E-state index in [1.54, 1.807) is 6.07 Å². The van der Waals surface area contributed by atoms with E-state index in [2.05, 4.69) is 19.6 Å². The third kappa shape index (κ3) is 4.68. The highest BCUT2D eigenvalue weighted by atomic mass is 32.2. The number of nitrogens with one attached hydrogen (secondary N) is 1. The zero-order valence-corrected chi connectivity index (χ0v) is 19.2. The minimum Gasteiger partial charge on any atom is -0.483 e. The van der Waals surface area contributed by atoms with Crippen LogP contribution in [0.1, 0.15) is 13.3 Å². The van der Waals surface area contributed by atoms with Crippen LogP contribution in [-0.4, -0.2) is 56.2 Å². The number of aliphatic hydroxyl groups excluding tert-OH is 1. The van der Waals surface area contributed by atoms with Crippen LogP contribution in [0.5, 0.6) is 5.75 Å². The fraction of sp³-hybridized carbons (Fsp3) is 0.391. The van der Waals surface area contributed by atoms with Crippen molar-refractivity contribution in [3.8, 4) is 5.75 Å². The highest BCUT2D eigenvalue weighted by Gasteiger charge is 2.29. The molecule has 0 radical (unpaired) electrons. The first-order valence-corrected chi connectivity index (χ1v) is 12.8. The minimum absolute atomic E-state index is 0.107. The SMILES string of the molecule is CC1CCS(=O)(=Nc2cc(F)c3c(Nc4ccc(F)cc4O[C@H]4COC[C@@H]4O)ncnc3c2)C1. The summed E-state index contributed by atoms with van der Waals surface area (Å²) < 4.78 is 57.4. The lowest BCUT2D eigenvalue weighted by Crippen LogP contribution is -2.30. The van der Waals surface area contributed by atoms with Crippen molar-refractivity contribution in [2.24, 2.45) is 10.3 Å². The molecule has 180 valence electrons. The van der Waals surface area contributed by atoms with Crippen LogP contribution in [0.25, 0.3) is 10.9 Å². The summed E-state index contributed by atoms with van der Waals surface area (Å²) in [5.74, 6) is 0.430. The first-order valence-electron chi connectivity index (χ1n) is 11.0. The Morgan fingerprint density at radius 2 is 2.09 bits per heavy atom. The number of ether oxygens (including phenoxy) is 2. The van der Waals surface area contributed by atoms with Crippen molar-refractivity contribution in [2.75, 3.05) is 30.0 Å². The molecular weight excluding hydrogens is 466 g/mol. The Bertz CT molecular complexity index is 1360. The van der Waals surface area contributed by atoms with Gasteiger partial charge in [-0.15, -0.1) is 0 Å². The van der Waals surface area contributed by atoms with E-state index in [0.29, 0.717) is 23.1 Å². The van der Waals surface area contributed by atoms with Crippen molar-refractivity contribution in [2.45, 2.75) is 25.6 Å². The van der Waals surface area contributed by atoms with Gasteiger partial charge in [0.2, 0.25) is 0 Å². The average molecular weight is 491 g/mol. The van der Waals surface area contributed by atoms with Crippen molar-refractivity contribution >= 4 is 37.8 Å². The van der Waals surface area contributed by atoms with E-state index in [9.17, 15) is 13.7 Å². The van der Waals surface area contributed by atoms with E-state index in [1.807, 2.05) is 6.92 Å². The molecule has 5 rings (SSSR count). The van der Waals surface area contributed by atoms with Crippen molar-refractivity contribution in [1.82, 2.24) is 9.97 Å². The van der Waals surface area contributed by atoms with E-state index < -0.39 is 33.6 Å². The lowest BCUT2D eigenvalue weighted by molar-refractivity contribution is 0.0736. The van der Waals surface area contributed by atoms with Gasteiger partial charge in [-0.2, -0.15) is 4.36 Å². The number of hydrogen-bond donors (Lipinski definition) is 2. The Labute approximate surface area is 195 Å². The van der Waals surface area contributed by atoms with Crippen molar-refractivity contribution in [3.63, 3.8) is 0 Å². The molecule has 2 aliphatic rings. The minimum atomic E-state index is -2.41. The van der Waals surface area contributed by atoms with Gasteiger partial charge in [-0.25, -0.2) is 23.0 Å².